The van der Waals surface area contributed by atoms with Crippen LogP contribution in [-0.4, -0.2) is 39.4 Å². The van der Waals surface area contributed by atoms with E-state index in [4.69, 9.17) is 4.42 Å². The van der Waals surface area contributed by atoms with Crippen molar-refractivity contribution in [2.45, 2.75) is 25.8 Å². The third-order valence-electron chi connectivity index (χ3n) is 5.32. The molecule has 1 N–H and O–H groups in total. The normalized spacial score (nSPS) is 16.9. The monoisotopic (exact) mass is 375 g/mol. The zero-order valence-electron chi connectivity index (χ0n) is 15.6. The number of nitrogens with zero attached hydrogens (tertiary/aromatic N) is 4. The van der Waals surface area contributed by atoms with Crippen LogP contribution < -0.4 is 10.2 Å². The molecule has 0 aliphatic carbocycles. The molecule has 1 aliphatic rings. The van der Waals surface area contributed by atoms with E-state index in [9.17, 15) is 4.79 Å². The molecule has 4 aromatic rings. The molecular weight excluding hydrogens is 354 g/mol. The highest BCUT2D eigenvalue weighted by molar-refractivity contribution is 5.94. The van der Waals surface area contributed by atoms with E-state index in [1.807, 2.05) is 60.0 Å². The number of fused-ring (bicyclic) bond motifs is 2. The Labute approximate surface area is 162 Å². The summed E-state index contributed by atoms with van der Waals surface area (Å²) in [6.45, 7) is 3.28. The van der Waals surface area contributed by atoms with Gasteiger partial charge < -0.3 is 14.6 Å². The second-order valence-corrected chi connectivity index (χ2v) is 7.14. The number of benzene rings is 1. The van der Waals surface area contributed by atoms with Gasteiger partial charge in [-0.25, -0.2) is 4.98 Å². The van der Waals surface area contributed by atoms with Crippen LogP contribution in [0.1, 0.15) is 29.0 Å². The second kappa shape index (κ2) is 6.67. The number of anilines is 1. The average molecular weight is 375 g/mol. The molecule has 4 heterocycles. The Hall–Kier alpha value is -3.35. The van der Waals surface area contributed by atoms with Crippen molar-refractivity contribution in [3.63, 3.8) is 0 Å². The maximum absolute atomic E-state index is 12.9. The first-order chi connectivity index (χ1) is 13.7. The Morgan fingerprint density at radius 3 is 2.96 bits per heavy atom. The minimum atomic E-state index is -0.111. The van der Waals surface area contributed by atoms with Crippen LogP contribution in [0.2, 0.25) is 0 Å². The summed E-state index contributed by atoms with van der Waals surface area (Å²) in [5, 5.41) is 3.08. The smallest absolute Gasteiger partial charge is 0.298 e. The van der Waals surface area contributed by atoms with Gasteiger partial charge in [-0.05, 0) is 44.0 Å². The van der Waals surface area contributed by atoms with Gasteiger partial charge in [-0.2, -0.15) is 4.98 Å². The summed E-state index contributed by atoms with van der Waals surface area (Å²) >= 11 is 0. The van der Waals surface area contributed by atoms with E-state index in [0.717, 1.165) is 41.8 Å². The van der Waals surface area contributed by atoms with Crippen LogP contribution in [0.25, 0.3) is 16.7 Å². The highest BCUT2D eigenvalue weighted by atomic mass is 16.4. The number of carbonyl (C=O) groups excluding carboxylic acids is 1. The Morgan fingerprint density at radius 1 is 1.21 bits per heavy atom. The summed E-state index contributed by atoms with van der Waals surface area (Å²) in [6, 6.07) is 14.3. The van der Waals surface area contributed by atoms with Crippen molar-refractivity contribution >= 4 is 28.7 Å². The first kappa shape index (κ1) is 16.8. The number of amides is 1. The van der Waals surface area contributed by atoms with Gasteiger partial charge >= 0.3 is 0 Å². The maximum Gasteiger partial charge on any atom is 0.298 e. The lowest BCUT2D eigenvalue weighted by Gasteiger charge is -2.23. The first-order valence-electron chi connectivity index (χ1n) is 9.55. The van der Waals surface area contributed by atoms with Crippen molar-refractivity contribution in [3.8, 4) is 0 Å². The quantitative estimate of drug-likeness (QED) is 0.593. The van der Waals surface area contributed by atoms with E-state index in [0.29, 0.717) is 18.3 Å². The largest absolute Gasteiger partial charge is 0.423 e. The topological polar surface area (TPSA) is 75.7 Å². The third-order valence-corrected chi connectivity index (χ3v) is 5.32. The third kappa shape index (κ3) is 2.79. The van der Waals surface area contributed by atoms with Crippen molar-refractivity contribution in [1.29, 1.82) is 0 Å². The minimum Gasteiger partial charge on any atom is -0.423 e. The summed E-state index contributed by atoms with van der Waals surface area (Å²) in [5.41, 5.74) is 3.73. The average Bonchev–Trinajstić information content (AvgIpc) is 3.41. The Balaban J connectivity index is 1.34. The molecule has 0 radical (unpaired) electrons. The van der Waals surface area contributed by atoms with Crippen molar-refractivity contribution in [1.82, 2.24) is 19.7 Å². The van der Waals surface area contributed by atoms with Crippen molar-refractivity contribution in [2.24, 2.45) is 0 Å². The van der Waals surface area contributed by atoms with Gasteiger partial charge in [0.25, 0.3) is 11.9 Å². The number of hydrogen-bond donors (Lipinski definition) is 1. The molecule has 1 saturated heterocycles. The van der Waals surface area contributed by atoms with Crippen LogP contribution in [0, 0.1) is 6.92 Å². The minimum absolute atomic E-state index is 0.111. The molecular formula is C21H21N5O2. The lowest BCUT2D eigenvalue weighted by atomic mass is 10.2. The van der Waals surface area contributed by atoms with Gasteiger partial charge in [0.2, 0.25) is 0 Å². The molecule has 1 aromatic carbocycles. The van der Waals surface area contributed by atoms with Gasteiger partial charge in [0.1, 0.15) is 16.9 Å². The summed E-state index contributed by atoms with van der Waals surface area (Å²) in [6.07, 6.45) is 3.91. The fourth-order valence-electron chi connectivity index (χ4n) is 3.96. The predicted octanol–water partition coefficient (Wildman–Crippen LogP) is 3.18. The van der Waals surface area contributed by atoms with Crippen molar-refractivity contribution in [3.05, 3.63) is 60.0 Å². The molecule has 3 aromatic heterocycles. The van der Waals surface area contributed by atoms with Crippen molar-refractivity contribution < 1.29 is 9.21 Å². The van der Waals surface area contributed by atoms with Crippen LogP contribution in [0.5, 0.6) is 0 Å². The molecule has 5 rings (SSSR count). The van der Waals surface area contributed by atoms with Crippen LogP contribution in [0.3, 0.4) is 0 Å². The molecule has 7 heteroatoms. The number of rotatable bonds is 4. The summed E-state index contributed by atoms with van der Waals surface area (Å²) in [4.78, 5) is 24.1. The van der Waals surface area contributed by atoms with Gasteiger partial charge in [-0.15, -0.1) is 0 Å². The number of imidazole rings is 1. The molecule has 142 valence electrons. The SMILES string of the molecule is Cc1nc2ccccn2c1C(=O)NCC1CCCN1c1nc2ccccc2o1. The first-order valence-corrected chi connectivity index (χ1v) is 9.55. The Kier molecular flexibility index (Phi) is 4.00. The predicted molar refractivity (Wildman–Crippen MR) is 107 cm³/mol. The number of hydrogen-bond acceptors (Lipinski definition) is 5. The molecule has 0 bridgehead atoms. The Bertz CT molecular complexity index is 1130. The van der Waals surface area contributed by atoms with E-state index in [-0.39, 0.29) is 11.9 Å². The lowest BCUT2D eigenvalue weighted by Crippen LogP contribution is -2.40. The molecule has 0 spiro atoms. The van der Waals surface area contributed by atoms with E-state index in [1.165, 1.54) is 0 Å². The fourth-order valence-corrected chi connectivity index (χ4v) is 3.96. The van der Waals surface area contributed by atoms with Crippen molar-refractivity contribution in [2.75, 3.05) is 18.0 Å². The number of aromatic nitrogens is 3. The lowest BCUT2D eigenvalue weighted by molar-refractivity contribution is 0.0944. The van der Waals surface area contributed by atoms with Crippen LogP contribution in [-0.2, 0) is 0 Å². The highest BCUT2D eigenvalue weighted by Gasteiger charge is 2.29. The number of para-hydroxylation sites is 2. The number of oxazole rings is 1. The molecule has 7 nitrogen and oxygen atoms in total. The molecule has 28 heavy (non-hydrogen) atoms. The molecule has 1 unspecified atom stereocenters. The van der Waals surface area contributed by atoms with Crippen LogP contribution in [0.15, 0.2) is 53.1 Å². The highest BCUT2D eigenvalue weighted by Crippen LogP contribution is 2.28. The molecule has 1 fully saturated rings. The molecule has 1 atom stereocenters. The van der Waals surface area contributed by atoms with Gasteiger partial charge in [-0.3, -0.25) is 9.20 Å². The zero-order chi connectivity index (χ0) is 19.1. The van der Waals surface area contributed by atoms with E-state index < -0.39 is 0 Å². The van der Waals surface area contributed by atoms with Gasteiger partial charge in [0.15, 0.2) is 5.58 Å². The summed E-state index contributed by atoms with van der Waals surface area (Å²) < 4.78 is 7.76. The molecule has 1 aliphatic heterocycles. The van der Waals surface area contributed by atoms with Crippen LogP contribution >= 0.6 is 0 Å². The molecule has 0 saturated carbocycles. The standard InChI is InChI=1S/C21H21N5O2/c1-14-19(26-11-5-4-10-18(26)23-14)20(27)22-13-15-7-6-12-25(15)21-24-16-8-2-3-9-17(16)28-21/h2-5,8-11,15H,6-7,12-13H2,1H3,(H,22,27). The number of pyridine rings is 1. The van der Waals surface area contributed by atoms with Gasteiger partial charge in [0.05, 0.1) is 11.7 Å². The van der Waals surface area contributed by atoms with E-state index in [2.05, 4.69) is 20.2 Å². The number of aryl methyl sites for hydroxylation is 1. The van der Waals surface area contributed by atoms with Gasteiger partial charge in [-0.1, -0.05) is 18.2 Å². The van der Waals surface area contributed by atoms with E-state index in [1.54, 1.807) is 0 Å². The van der Waals surface area contributed by atoms with E-state index >= 15 is 0 Å². The zero-order valence-corrected chi connectivity index (χ0v) is 15.6. The summed E-state index contributed by atoms with van der Waals surface area (Å²) in [5.74, 6) is -0.111. The van der Waals surface area contributed by atoms with Gasteiger partial charge in [0, 0.05) is 19.3 Å². The maximum atomic E-state index is 12.9. The molecule has 1 amide bonds. The van der Waals surface area contributed by atoms with Crippen LogP contribution in [0.4, 0.5) is 6.01 Å². The number of carbonyl (C=O) groups is 1. The fraction of sp³-hybridized carbons (Fsp3) is 0.286. The Morgan fingerprint density at radius 2 is 2.07 bits per heavy atom. The second-order valence-electron chi connectivity index (χ2n) is 7.14. The summed E-state index contributed by atoms with van der Waals surface area (Å²) in [7, 11) is 0. The number of nitrogens with one attached hydrogen (secondary N) is 1.